The average Bonchev–Trinajstić information content (AvgIpc) is 3.09. The van der Waals surface area contributed by atoms with Gasteiger partial charge < -0.3 is 5.32 Å². The van der Waals surface area contributed by atoms with Gasteiger partial charge in [0.1, 0.15) is 0 Å². The molecule has 0 radical (unpaired) electrons. The summed E-state index contributed by atoms with van der Waals surface area (Å²) in [6, 6.07) is 7.79. The van der Waals surface area contributed by atoms with Crippen molar-refractivity contribution in [2.45, 2.75) is 24.6 Å². The summed E-state index contributed by atoms with van der Waals surface area (Å²) in [4.78, 5) is 10.4. The molecule has 1 heterocycles. The van der Waals surface area contributed by atoms with Crippen LogP contribution in [0.1, 0.15) is 35.1 Å². The fourth-order valence-electron chi connectivity index (χ4n) is 4.03. The molecule has 8 heteroatoms. The van der Waals surface area contributed by atoms with E-state index in [9.17, 15) is 23.3 Å². The molecule has 0 bridgehead atoms. The van der Waals surface area contributed by atoms with E-state index in [-0.39, 0.29) is 23.2 Å². The fraction of sp³-hybridized carbons (Fsp3) is 0.263. The van der Waals surface area contributed by atoms with Gasteiger partial charge in [-0.1, -0.05) is 35.9 Å². The number of anilines is 1. The Morgan fingerprint density at radius 3 is 2.48 bits per heavy atom. The van der Waals surface area contributed by atoms with E-state index in [4.69, 9.17) is 11.6 Å². The van der Waals surface area contributed by atoms with E-state index in [1.165, 1.54) is 18.2 Å². The van der Waals surface area contributed by atoms with E-state index in [2.05, 4.69) is 5.32 Å². The minimum atomic E-state index is -4.52. The summed E-state index contributed by atoms with van der Waals surface area (Å²) in [5, 5.41) is 14.2. The number of hydrogen-bond donors (Lipinski definition) is 1. The largest absolute Gasteiger partial charge is 0.418 e. The van der Waals surface area contributed by atoms with Gasteiger partial charge in [0, 0.05) is 28.6 Å². The van der Waals surface area contributed by atoms with Crippen LogP contribution in [0.15, 0.2) is 48.6 Å². The van der Waals surface area contributed by atoms with E-state index in [0.29, 0.717) is 22.6 Å². The number of nitrogens with one attached hydrogen (secondary N) is 1. The quantitative estimate of drug-likeness (QED) is 0.380. The zero-order chi connectivity index (χ0) is 19.3. The molecule has 2 aromatic carbocycles. The van der Waals surface area contributed by atoms with Crippen LogP contribution in [0, 0.1) is 16.0 Å². The van der Waals surface area contributed by atoms with E-state index in [1.54, 1.807) is 12.1 Å². The van der Waals surface area contributed by atoms with Gasteiger partial charge in [-0.05, 0) is 30.0 Å². The Kier molecular flexibility index (Phi) is 4.14. The third kappa shape index (κ3) is 2.96. The van der Waals surface area contributed by atoms with E-state index in [1.807, 2.05) is 12.2 Å². The summed E-state index contributed by atoms with van der Waals surface area (Å²) in [5.41, 5.74) is 0.343. The van der Waals surface area contributed by atoms with Crippen LogP contribution in [0.5, 0.6) is 0 Å². The first-order valence-electron chi connectivity index (χ1n) is 8.34. The van der Waals surface area contributed by atoms with Gasteiger partial charge in [-0.2, -0.15) is 13.2 Å². The number of nitro groups is 1. The number of fused-ring (bicyclic) bond motifs is 3. The summed E-state index contributed by atoms with van der Waals surface area (Å²) in [5.74, 6) is -0.254. The van der Waals surface area contributed by atoms with Crippen molar-refractivity contribution in [3.8, 4) is 0 Å². The van der Waals surface area contributed by atoms with Crippen molar-refractivity contribution >= 4 is 23.0 Å². The highest BCUT2D eigenvalue weighted by atomic mass is 35.5. The van der Waals surface area contributed by atoms with Crippen LogP contribution in [0.25, 0.3) is 0 Å². The number of halogens is 4. The van der Waals surface area contributed by atoms with Crippen LogP contribution in [0.3, 0.4) is 0 Å². The van der Waals surface area contributed by atoms with Crippen LogP contribution in [0.2, 0.25) is 5.02 Å². The number of benzene rings is 2. The highest BCUT2D eigenvalue weighted by Gasteiger charge is 2.44. The van der Waals surface area contributed by atoms with Crippen molar-refractivity contribution in [3.05, 3.63) is 80.4 Å². The molecule has 0 amide bonds. The number of allylic oxidation sites excluding steroid dienone is 2. The van der Waals surface area contributed by atoms with E-state index < -0.39 is 22.7 Å². The molecule has 2 aliphatic rings. The second kappa shape index (κ2) is 6.27. The molecule has 2 aromatic rings. The lowest BCUT2D eigenvalue weighted by Gasteiger charge is -2.39. The van der Waals surface area contributed by atoms with Gasteiger partial charge in [0.15, 0.2) is 0 Å². The van der Waals surface area contributed by atoms with Gasteiger partial charge in [0.2, 0.25) is 0 Å². The number of non-ortho nitro benzene ring substituents is 1. The molecule has 0 spiro atoms. The van der Waals surface area contributed by atoms with Crippen molar-refractivity contribution in [3.63, 3.8) is 0 Å². The minimum Gasteiger partial charge on any atom is -0.377 e. The second-order valence-electron chi connectivity index (χ2n) is 6.71. The van der Waals surface area contributed by atoms with Crippen LogP contribution in [0.4, 0.5) is 24.5 Å². The van der Waals surface area contributed by atoms with Gasteiger partial charge in [0.25, 0.3) is 5.69 Å². The normalized spacial score (nSPS) is 23.5. The van der Waals surface area contributed by atoms with Crippen molar-refractivity contribution in [1.29, 1.82) is 0 Å². The molecular weight excluding hydrogens is 381 g/mol. The summed E-state index contributed by atoms with van der Waals surface area (Å²) in [7, 11) is 0. The van der Waals surface area contributed by atoms with Gasteiger partial charge in [0.05, 0.1) is 22.2 Å². The number of nitrogens with zero attached hydrogens (tertiary/aromatic N) is 1. The predicted octanol–water partition coefficient (Wildman–Crippen LogP) is 6.09. The molecule has 0 saturated carbocycles. The summed E-state index contributed by atoms with van der Waals surface area (Å²) < 4.78 is 40.6. The van der Waals surface area contributed by atoms with Crippen molar-refractivity contribution in [2.75, 3.05) is 5.32 Å². The third-order valence-corrected chi connectivity index (χ3v) is 5.56. The zero-order valence-corrected chi connectivity index (χ0v) is 14.6. The van der Waals surface area contributed by atoms with Crippen LogP contribution < -0.4 is 5.32 Å². The van der Waals surface area contributed by atoms with E-state index >= 15 is 0 Å². The highest BCUT2D eigenvalue weighted by Crippen LogP contribution is 2.54. The standard InChI is InChI=1S/C19H14ClF3N2O2/c20-15-9-8-14(19(21,22)23)18-16(15)12-2-1-3-13(12)17(24-18)10-4-6-11(7-5-10)25(26)27/h1-2,4-9,12-13,17,24H,3H2/t12-,13-,17+/m1/s1. The maximum atomic E-state index is 13.5. The van der Waals surface area contributed by atoms with Crippen molar-refractivity contribution in [2.24, 2.45) is 5.92 Å². The van der Waals surface area contributed by atoms with Gasteiger partial charge in [-0.25, -0.2) is 0 Å². The Hall–Kier alpha value is -2.54. The highest BCUT2D eigenvalue weighted by molar-refractivity contribution is 6.32. The maximum Gasteiger partial charge on any atom is 0.418 e. The maximum absolute atomic E-state index is 13.5. The SMILES string of the molecule is O=[N+]([O-])c1ccc([C@@H]2Nc3c(C(F)(F)F)ccc(Cl)c3[C@@H]3C=CC[C@H]32)cc1. The molecule has 3 atom stereocenters. The van der Waals surface area contributed by atoms with Crippen molar-refractivity contribution in [1.82, 2.24) is 0 Å². The molecule has 1 aliphatic carbocycles. The smallest absolute Gasteiger partial charge is 0.377 e. The lowest BCUT2D eigenvalue weighted by Crippen LogP contribution is -2.31. The minimum absolute atomic E-state index is 0.00819. The predicted molar refractivity (Wildman–Crippen MR) is 95.9 cm³/mol. The topological polar surface area (TPSA) is 55.2 Å². The summed E-state index contributed by atoms with van der Waals surface area (Å²) >= 11 is 6.26. The fourth-order valence-corrected chi connectivity index (χ4v) is 4.32. The number of nitro benzene ring substituents is 1. The van der Waals surface area contributed by atoms with Crippen LogP contribution in [-0.4, -0.2) is 4.92 Å². The lowest BCUT2D eigenvalue weighted by molar-refractivity contribution is -0.384. The Balaban J connectivity index is 1.83. The van der Waals surface area contributed by atoms with Gasteiger partial charge >= 0.3 is 6.18 Å². The second-order valence-corrected chi connectivity index (χ2v) is 7.11. The van der Waals surface area contributed by atoms with Crippen molar-refractivity contribution < 1.29 is 18.1 Å². The molecular formula is C19H14ClF3N2O2. The lowest BCUT2D eigenvalue weighted by atomic mass is 9.76. The summed E-state index contributed by atoms with van der Waals surface area (Å²) in [6.07, 6.45) is 0.0119. The Labute approximate surface area is 157 Å². The van der Waals surface area contributed by atoms with Gasteiger partial charge in [-0.15, -0.1) is 0 Å². The van der Waals surface area contributed by atoms with Crippen LogP contribution >= 0.6 is 11.6 Å². The number of hydrogen-bond acceptors (Lipinski definition) is 3. The molecule has 0 fully saturated rings. The van der Waals surface area contributed by atoms with Crippen LogP contribution in [-0.2, 0) is 6.18 Å². The third-order valence-electron chi connectivity index (χ3n) is 5.23. The van der Waals surface area contributed by atoms with E-state index in [0.717, 1.165) is 6.07 Å². The molecule has 4 nitrogen and oxygen atoms in total. The Morgan fingerprint density at radius 2 is 1.85 bits per heavy atom. The molecule has 0 saturated heterocycles. The first-order valence-corrected chi connectivity index (χ1v) is 8.72. The number of rotatable bonds is 2. The summed E-state index contributed by atoms with van der Waals surface area (Å²) in [6.45, 7) is 0. The molecule has 1 aliphatic heterocycles. The molecule has 1 N–H and O–H groups in total. The van der Waals surface area contributed by atoms with Gasteiger partial charge in [-0.3, -0.25) is 10.1 Å². The first kappa shape index (κ1) is 17.9. The Morgan fingerprint density at radius 1 is 1.15 bits per heavy atom. The number of alkyl halides is 3. The average molecular weight is 395 g/mol. The monoisotopic (exact) mass is 394 g/mol. The molecule has 27 heavy (non-hydrogen) atoms. The Bertz CT molecular complexity index is 941. The first-order chi connectivity index (χ1) is 12.8. The molecule has 0 unspecified atom stereocenters. The zero-order valence-electron chi connectivity index (χ0n) is 13.8. The molecule has 0 aromatic heterocycles. The molecule has 140 valence electrons. The molecule has 4 rings (SSSR count).